The van der Waals surface area contributed by atoms with Crippen molar-refractivity contribution in [1.29, 1.82) is 0 Å². The zero-order valence-electron chi connectivity index (χ0n) is 11.1. The molecule has 0 aromatic heterocycles. The molecule has 0 unspecified atom stereocenters. The Bertz CT molecular complexity index is 411. The molecule has 0 aliphatic carbocycles. The quantitative estimate of drug-likeness (QED) is 0.877. The van der Waals surface area contributed by atoms with E-state index in [1.54, 1.807) is 0 Å². The number of benzene rings is 1. The molecule has 0 atom stereocenters. The lowest BCUT2D eigenvalue weighted by atomic mass is 10.1. The van der Waals surface area contributed by atoms with Gasteiger partial charge in [-0.3, -0.25) is 9.69 Å². The zero-order valence-corrected chi connectivity index (χ0v) is 11.1. The Morgan fingerprint density at radius 2 is 2.00 bits per heavy atom. The summed E-state index contributed by atoms with van der Waals surface area (Å²) >= 11 is 0. The number of likely N-dealkylation sites (N-methyl/N-ethyl adjacent to an activating group) is 1. The monoisotopic (exact) mass is 247 g/mol. The van der Waals surface area contributed by atoms with Crippen LogP contribution in [0.5, 0.6) is 0 Å². The Morgan fingerprint density at radius 3 is 2.67 bits per heavy atom. The predicted octanol–water partition coefficient (Wildman–Crippen LogP) is 1.39. The molecule has 1 heterocycles. The van der Waals surface area contributed by atoms with Crippen molar-refractivity contribution < 1.29 is 4.79 Å². The van der Waals surface area contributed by atoms with Crippen molar-refractivity contribution in [2.75, 3.05) is 38.5 Å². The van der Waals surface area contributed by atoms with Crippen LogP contribution in [0.4, 0.5) is 5.69 Å². The van der Waals surface area contributed by atoms with E-state index in [1.807, 2.05) is 12.1 Å². The molecule has 1 N–H and O–H groups in total. The number of carbonyl (C=O) groups is 1. The second-order valence-corrected chi connectivity index (χ2v) is 4.96. The lowest BCUT2D eigenvalue weighted by Crippen LogP contribution is -2.43. The number of amides is 1. The number of nitrogens with zero attached hydrogens (tertiary/aromatic N) is 2. The van der Waals surface area contributed by atoms with Gasteiger partial charge in [0.05, 0.1) is 0 Å². The van der Waals surface area contributed by atoms with E-state index in [1.165, 1.54) is 12.5 Å². The number of anilines is 1. The number of hydrogen-bond acceptors (Lipinski definition) is 3. The summed E-state index contributed by atoms with van der Waals surface area (Å²) in [6.45, 7) is 6.98. The highest BCUT2D eigenvalue weighted by molar-refractivity contribution is 5.88. The molecule has 1 fully saturated rings. The summed E-state index contributed by atoms with van der Waals surface area (Å²) in [6, 6.07) is 8.09. The van der Waals surface area contributed by atoms with Crippen LogP contribution in [0.3, 0.4) is 0 Å². The van der Waals surface area contributed by atoms with Crippen molar-refractivity contribution in [3.05, 3.63) is 29.8 Å². The number of nitrogens with one attached hydrogen (secondary N) is 1. The highest BCUT2D eigenvalue weighted by atomic mass is 16.1. The summed E-state index contributed by atoms with van der Waals surface area (Å²) in [4.78, 5) is 15.8. The Morgan fingerprint density at radius 1 is 1.28 bits per heavy atom. The van der Waals surface area contributed by atoms with Crippen LogP contribution in [-0.4, -0.2) is 48.9 Å². The molecule has 0 spiro atoms. The van der Waals surface area contributed by atoms with Gasteiger partial charge in [-0.15, -0.1) is 0 Å². The smallest absolute Gasteiger partial charge is 0.221 e. The summed E-state index contributed by atoms with van der Waals surface area (Å²) in [6.07, 6.45) is 0. The maximum atomic E-state index is 11.0. The first-order valence-corrected chi connectivity index (χ1v) is 6.41. The number of hydrogen-bond donors (Lipinski definition) is 1. The van der Waals surface area contributed by atoms with Gasteiger partial charge in [-0.25, -0.2) is 0 Å². The van der Waals surface area contributed by atoms with E-state index in [-0.39, 0.29) is 5.91 Å². The standard InChI is InChI=1S/C14H21N3O/c1-12(18)15-14-5-3-4-13(10-14)11-17-8-6-16(2)7-9-17/h3-5,10H,6-9,11H2,1-2H3,(H,15,18). The fraction of sp³-hybridized carbons (Fsp3) is 0.500. The van der Waals surface area contributed by atoms with Crippen molar-refractivity contribution >= 4 is 11.6 Å². The first-order valence-electron chi connectivity index (χ1n) is 6.41. The first kappa shape index (κ1) is 13.1. The molecule has 0 bridgehead atoms. The van der Waals surface area contributed by atoms with Gasteiger partial charge in [0, 0.05) is 45.3 Å². The van der Waals surface area contributed by atoms with Crippen LogP contribution in [0.25, 0.3) is 0 Å². The van der Waals surface area contributed by atoms with Gasteiger partial charge < -0.3 is 10.2 Å². The third-order valence-corrected chi connectivity index (χ3v) is 3.25. The second-order valence-electron chi connectivity index (χ2n) is 4.96. The van der Waals surface area contributed by atoms with Crippen molar-refractivity contribution in [2.24, 2.45) is 0 Å². The second kappa shape index (κ2) is 5.98. The van der Waals surface area contributed by atoms with Crippen LogP contribution >= 0.6 is 0 Å². The highest BCUT2D eigenvalue weighted by Crippen LogP contribution is 2.13. The van der Waals surface area contributed by atoms with E-state index in [0.717, 1.165) is 38.4 Å². The van der Waals surface area contributed by atoms with Crippen molar-refractivity contribution in [3.63, 3.8) is 0 Å². The van der Waals surface area contributed by atoms with Gasteiger partial charge in [-0.2, -0.15) is 0 Å². The van der Waals surface area contributed by atoms with Gasteiger partial charge in [0.2, 0.25) is 5.91 Å². The van der Waals surface area contributed by atoms with E-state index >= 15 is 0 Å². The minimum Gasteiger partial charge on any atom is -0.326 e. The van der Waals surface area contributed by atoms with Gasteiger partial charge in [0.15, 0.2) is 0 Å². The predicted molar refractivity (Wildman–Crippen MR) is 73.5 cm³/mol. The number of piperazine rings is 1. The molecule has 1 saturated heterocycles. The maximum Gasteiger partial charge on any atom is 0.221 e. The first-order chi connectivity index (χ1) is 8.63. The third kappa shape index (κ3) is 3.82. The molecular weight excluding hydrogens is 226 g/mol. The molecule has 4 nitrogen and oxygen atoms in total. The van der Waals surface area contributed by atoms with E-state index in [4.69, 9.17) is 0 Å². The molecule has 98 valence electrons. The summed E-state index contributed by atoms with van der Waals surface area (Å²) in [5, 5.41) is 2.82. The molecule has 4 heteroatoms. The van der Waals surface area contributed by atoms with Gasteiger partial charge in [0.25, 0.3) is 0 Å². The molecule has 1 amide bonds. The van der Waals surface area contributed by atoms with Crippen molar-refractivity contribution in [2.45, 2.75) is 13.5 Å². The van der Waals surface area contributed by atoms with Crippen molar-refractivity contribution in [1.82, 2.24) is 9.80 Å². The van der Waals surface area contributed by atoms with Crippen LogP contribution in [0.2, 0.25) is 0 Å². The van der Waals surface area contributed by atoms with Gasteiger partial charge in [-0.05, 0) is 24.7 Å². The molecule has 2 rings (SSSR count). The molecule has 1 aromatic rings. The Hall–Kier alpha value is -1.39. The van der Waals surface area contributed by atoms with Gasteiger partial charge in [0.1, 0.15) is 0 Å². The summed E-state index contributed by atoms with van der Waals surface area (Å²) in [5.41, 5.74) is 2.14. The Labute approximate surface area is 109 Å². The molecule has 1 aliphatic rings. The highest BCUT2D eigenvalue weighted by Gasteiger charge is 2.13. The lowest BCUT2D eigenvalue weighted by Gasteiger charge is -2.32. The van der Waals surface area contributed by atoms with Crippen LogP contribution in [0, 0.1) is 0 Å². The van der Waals surface area contributed by atoms with Gasteiger partial charge in [-0.1, -0.05) is 12.1 Å². The maximum absolute atomic E-state index is 11.0. The molecular formula is C14H21N3O. The molecule has 0 saturated carbocycles. The molecule has 0 radical (unpaired) electrons. The summed E-state index contributed by atoms with van der Waals surface area (Å²) < 4.78 is 0. The normalized spacial score (nSPS) is 17.7. The molecule has 1 aliphatic heterocycles. The largest absolute Gasteiger partial charge is 0.326 e. The van der Waals surface area contributed by atoms with E-state index in [2.05, 4.69) is 34.3 Å². The Kier molecular flexibility index (Phi) is 4.33. The molecule has 18 heavy (non-hydrogen) atoms. The molecule has 1 aromatic carbocycles. The number of carbonyl (C=O) groups excluding carboxylic acids is 1. The zero-order chi connectivity index (χ0) is 13.0. The average Bonchev–Trinajstić information content (AvgIpc) is 2.32. The summed E-state index contributed by atoms with van der Waals surface area (Å²) in [7, 11) is 2.16. The minimum absolute atomic E-state index is 0.0215. The fourth-order valence-corrected chi connectivity index (χ4v) is 2.21. The van der Waals surface area contributed by atoms with Gasteiger partial charge >= 0.3 is 0 Å². The number of rotatable bonds is 3. The van der Waals surface area contributed by atoms with E-state index in [0.29, 0.717) is 0 Å². The third-order valence-electron chi connectivity index (χ3n) is 3.25. The summed E-state index contributed by atoms with van der Waals surface area (Å²) in [5.74, 6) is -0.0215. The van der Waals surface area contributed by atoms with E-state index in [9.17, 15) is 4.79 Å². The SMILES string of the molecule is CC(=O)Nc1cccc(CN2CCN(C)CC2)c1. The Balaban J connectivity index is 1.94. The van der Waals surface area contributed by atoms with E-state index < -0.39 is 0 Å². The minimum atomic E-state index is -0.0215. The van der Waals surface area contributed by atoms with Crippen LogP contribution < -0.4 is 5.32 Å². The van der Waals surface area contributed by atoms with Crippen LogP contribution in [-0.2, 0) is 11.3 Å². The van der Waals surface area contributed by atoms with Crippen LogP contribution in [0.1, 0.15) is 12.5 Å². The topological polar surface area (TPSA) is 35.6 Å². The van der Waals surface area contributed by atoms with Crippen LogP contribution in [0.15, 0.2) is 24.3 Å². The lowest BCUT2D eigenvalue weighted by molar-refractivity contribution is -0.114. The average molecular weight is 247 g/mol. The van der Waals surface area contributed by atoms with Crippen molar-refractivity contribution in [3.8, 4) is 0 Å². The fourth-order valence-electron chi connectivity index (χ4n) is 2.21.